The van der Waals surface area contributed by atoms with Crippen molar-refractivity contribution in [2.75, 3.05) is 31.2 Å². The van der Waals surface area contributed by atoms with Crippen molar-refractivity contribution in [3.05, 3.63) is 28.8 Å². The molecule has 1 aromatic carbocycles. The maximum atomic E-state index is 9.01. The van der Waals surface area contributed by atoms with Crippen LogP contribution in [-0.4, -0.2) is 47.6 Å². The minimum atomic E-state index is -0.0756. The van der Waals surface area contributed by atoms with E-state index in [0.29, 0.717) is 29.4 Å². The van der Waals surface area contributed by atoms with Crippen LogP contribution in [0.5, 0.6) is 0 Å². The average Bonchev–Trinajstić information content (AvgIpc) is 2.37. The van der Waals surface area contributed by atoms with Crippen LogP contribution < -0.4 is 10.6 Å². The van der Waals surface area contributed by atoms with Gasteiger partial charge >= 0.3 is 0 Å². The number of hydrogen-bond donors (Lipinski definition) is 4. The molecular formula is C11H16ClN3O3. The predicted molar refractivity (Wildman–Crippen MR) is 70.3 cm³/mol. The van der Waals surface area contributed by atoms with Gasteiger partial charge in [0.15, 0.2) is 5.84 Å². The zero-order chi connectivity index (χ0) is 13.5. The molecule has 0 aliphatic heterocycles. The summed E-state index contributed by atoms with van der Waals surface area (Å²) >= 11 is 5.87. The van der Waals surface area contributed by atoms with Gasteiger partial charge in [-0.3, -0.25) is 0 Å². The summed E-state index contributed by atoms with van der Waals surface area (Å²) in [6, 6.07) is 4.92. The Balaban J connectivity index is 3.19. The van der Waals surface area contributed by atoms with Crippen LogP contribution in [0.1, 0.15) is 5.56 Å². The molecule has 5 N–H and O–H groups in total. The third-order valence-electron chi connectivity index (χ3n) is 2.42. The standard InChI is InChI=1S/C11H16ClN3O3/c12-8-1-2-10(9(7-8)11(13)14-18)15(3-5-16)4-6-17/h1-2,7,16-18H,3-6H2,(H2,13,14). The van der Waals surface area contributed by atoms with Gasteiger partial charge in [-0.1, -0.05) is 16.8 Å². The van der Waals surface area contributed by atoms with Crippen LogP contribution >= 0.6 is 11.6 Å². The highest BCUT2D eigenvalue weighted by atomic mass is 35.5. The number of benzene rings is 1. The van der Waals surface area contributed by atoms with E-state index in [1.54, 1.807) is 23.1 Å². The zero-order valence-electron chi connectivity index (χ0n) is 9.75. The van der Waals surface area contributed by atoms with Crippen LogP contribution in [0, 0.1) is 0 Å². The van der Waals surface area contributed by atoms with E-state index in [1.165, 1.54) is 0 Å². The first-order valence-electron chi connectivity index (χ1n) is 5.38. The van der Waals surface area contributed by atoms with Gasteiger partial charge in [-0.25, -0.2) is 0 Å². The highest BCUT2D eigenvalue weighted by Gasteiger charge is 2.14. The molecule has 0 aliphatic carbocycles. The molecule has 0 bridgehead atoms. The molecular weight excluding hydrogens is 258 g/mol. The van der Waals surface area contributed by atoms with E-state index >= 15 is 0 Å². The maximum absolute atomic E-state index is 9.01. The Morgan fingerprint density at radius 2 is 1.89 bits per heavy atom. The van der Waals surface area contributed by atoms with Gasteiger partial charge in [0.25, 0.3) is 0 Å². The molecule has 0 saturated carbocycles. The number of anilines is 1. The Labute approximate surface area is 110 Å². The van der Waals surface area contributed by atoms with Crippen molar-refractivity contribution in [2.45, 2.75) is 0 Å². The fourth-order valence-corrected chi connectivity index (χ4v) is 1.81. The Bertz CT molecular complexity index is 420. The quantitative estimate of drug-likeness (QED) is 0.257. The average molecular weight is 274 g/mol. The Morgan fingerprint density at radius 1 is 1.28 bits per heavy atom. The molecule has 100 valence electrons. The monoisotopic (exact) mass is 273 g/mol. The molecule has 1 aromatic rings. The van der Waals surface area contributed by atoms with Gasteiger partial charge in [0.2, 0.25) is 0 Å². The van der Waals surface area contributed by atoms with Crippen molar-refractivity contribution in [2.24, 2.45) is 10.9 Å². The van der Waals surface area contributed by atoms with E-state index in [-0.39, 0.29) is 19.0 Å². The molecule has 0 aliphatic rings. The first kappa shape index (κ1) is 14.6. The molecule has 18 heavy (non-hydrogen) atoms. The summed E-state index contributed by atoms with van der Waals surface area (Å²) < 4.78 is 0. The van der Waals surface area contributed by atoms with Crippen LogP contribution in [-0.2, 0) is 0 Å². The number of nitrogens with two attached hydrogens (primary N) is 1. The van der Waals surface area contributed by atoms with Gasteiger partial charge in [0.05, 0.1) is 13.2 Å². The maximum Gasteiger partial charge on any atom is 0.172 e. The summed E-state index contributed by atoms with van der Waals surface area (Å²) in [5, 5.41) is 30.2. The van der Waals surface area contributed by atoms with Gasteiger partial charge < -0.3 is 26.1 Å². The van der Waals surface area contributed by atoms with E-state index in [1.807, 2.05) is 0 Å². The lowest BCUT2D eigenvalue weighted by atomic mass is 10.1. The number of hydrogen-bond acceptors (Lipinski definition) is 5. The topological polar surface area (TPSA) is 102 Å². The molecule has 6 nitrogen and oxygen atoms in total. The second-order valence-electron chi connectivity index (χ2n) is 3.58. The molecule has 0 saturated heterocycles. The molecule has 7 heteroatoms. The van der Waals surface area contributed by atoms with Crippen LogP contribution in [0.4, 0.5) is 5.69 Å². The lowest BCUT2D eigenvalue weighted by Gasteiger charge is -2.25. The first-order chi connectivity index (χ1) is 8.63. The Kier molecular flexibility index (Phi) is 5.70. The third-order valence-corrected chi connectivity index (χ3v) is 2.66. The summed E-state index contributed by atoms with van der Waals surface area (Å²) in [7, 11) is 0. The molecule has 0 unspecified atom stereocenters. The van der Waals surface area contributed by atoms with Crippen LogP contribution in [0.15, 0.2) is 23.4 Å². The van der Waals surface area contributed by atoms with Gasteiger partial charge in [-0.05, 0) is 18.2 Å². The SMILES string of the molecule is NC(=NO)c1cc(Cl)ccc1N(CCO)CCO. The molecule has 0 aromatic heterocycles. The highest BCUT2D eigenvalue weighted by Crippen LogP contribution is 2.24. The molecule has 0 atom stereocenters. The molecule has 0 heterocycles. The van der Waals surface area contributed by atoms with E-state index in [9.17, 15) is 0 Å². The number of aliphatic hydroxyl groups is 2. The van der Waals surface area contributed by atoms with Gasteiger partial charge in [-0.2, -0.15) is 0 Å². The van der Waals surface area contributed by atoms with Crippen LogP contribution in [0.3, 0.4) is 0 Å². The number of halogens is 1. The number of amidine groups is 1. The third kappa shape index (κ3) is 3.49. The van der Waals surface area contributed by atoms with E-state index in [4.69, 9.17) is 32.8 Å². The second kappa shape index (κ2) is 7.05. The number of rotatable bonds is 6. The molecule has 0 spiro atoms. The number of nitrogens with zero attached hydrogens (tertiary/aromatic N) is 2. The minimum Gasteiger partial charge on any atom is -0.409 e. The van der Waals surface area contributed by atoms with E-state index in [0.717, 1.165) is 0 Å². The summed E-state index contributed by atoms with van der Waals surface area (Å²) in [6.07, 6.45) is 0. The summed E-state index contributed by atoms with van der Waals surface area (Å²) in [5.41, 5.74) is 6.67. The van der Waals surface area contributed by atoms with Crippen molar-refractivity contribution in [3.8, 4) is 0 Å². The van der Waals surface area contributed by atoms with Gasteiger partial charge in [0, 0.05) is 29.4 Å². The van der Waals surface area contributed by atoms with Crippen molar-refractivity contribution in [1.29, 1.82) is 0 Å². The lowest BCUT2D eigenvalue weighted by Crippen LogP contribution is -2.32. The lowest BCUT2D eigenvalue weighted by molar-refractivity contribution is 0.281. The van der Waals surface area contributed by atoms with Crippen LogP contribution in [0.2, 0.25) is 5.02 Å². The molecule has 0 amide bonds. The molecule has 1 rings (SSSR count). The smallest absolute Gasteiger partial charge is 0.172 e. The summed E-state index contributed by atoms with van der Waals surface area (Å²) in [5.74, 6) is -0.0756. The Hall–Kier alpha value is -1.50. The summed E-state index contributed by atoms with van der Waals surface area (Å²) in [4.78, 5) is 1.73. The fourth-order valence-electron chi connectivity index (χ4n) is 1.64. The largest absolute Gasteiger partial charge is 0.409 e. The number of aliphatic hydroxyl groups excluding tert-OH is 2. The fraction of sp³-hybridized carbons (Fsp3) is 0.364. The van der Waals surface area contributed by atoms with Crippen molar-refractivity contribution in [1.82, 2.24) is 0 Å². The van der Waals surface area contributed by atoms with Crippen molar-refractivity contribution < 1.29 is 15.4 Å². The van der Waals surface area contributed by atoms with Gasteiger partial charge in [-0.15, -0.1) is 0 Å². The normalized spacial score (nSPS) is 11.6. The predicted octanol–water partition coefficient (Wildman–Crippen LogP) is 0.225. The molecule has 0 fully saturated rings. The van der Waals surface area contributed by atoms with E-state index in [2.05, 4.69) is 5.16 Å². The van der Waals surface area contributed by atoms with E-state index < -0.39 is 0 Å². The molecule has 0 radical (unpaired) electrons. The second-order valence-corrected chi connectivity index (χ2v) is 4.02. The minimum absolute atomic E-state index is 0.0712. The number of oxime groups is 1. The van der Waals surface area contributed by atoms with Gasteiger partial charge in [0.1, 0.15) is 0 Å². The highest BCUT2D eigenvalue weighted by molar-refractivity contribution is 6.31. The van der Waals surface area contributed by atoms with Crippen molar-refractivity contribution >= 4 is 23.1 Å². The zero-order valence-corrected chi connectivity index (χ0v) is 10.5. The first-order valence-corrected chi connectivity index (χ1v) is 5.76. The van der Waals surface area contributed by atoms with Crippen LogP contribution in [0.25, 0.3) is 0 Å². The Morgan fingerprint density at radius 3 is 2.39 bits per heavy atom. The van der Waals surface area contributed by atoms with Crippen molar-refractivity contribution in [3.63, 3.8) is 0 Å². The summed E-state index contributed by atoms with van der Waals surface area (Å²) in [6.45, 7) is 0.512.